The summed E-state index contributed by atoms with van der Waals surface area (Å²) in [6.07, 6.45) is -5.97. The smallest absolute Gasteiger partial charge is 0.241 e. The normalized spacial score (nSPS) is 17.4. The Balaban J connectivity index is 6.51. The van der Waals surface area contributed by atoms with E-state index in [1.165, 1.54) is 0 Å². The summed E-state index contributed by atoms with van der Waals surface area (Å²) in [6, 6.07) is 0. The molecule has 0 amide bonds. The maximum absolute atomic E-state index is 13.2. The van der Waals surface area contributed by atoms with Crippen LogP contribution in [-0.4, -0.2) is 45.6 Å². The summed E-state index contributed by atoms with van der Waals surface area (Å²) in [5, 5.41) is 0. The third-order valence-electron chi connectivity index (χ3n) is 3.10. The van der Waals surface area contributed by atoms with Crippen molar-refractivity contribution in [2.75, 3.05) is 0 Å². The lowest BCUT2D eigenvalue weighted by Crippen LogP contribution is -2.73. The van der Waals surface area contributed by atoms with Crippen molar-refractivity contribution in [2.24, 2.45) is 0 Å². The van der Waals surface area contributed by atoms with E-state index in [9.17, 15) is 65.9 Å². The van der Waals surface area contributed by atoms with Gasteiger partial charge in [0.25, 0.3) is 0 Å². The molecule has 0 saturated carbocycles. The first kappa shape index (κ1) is 25.7. The molecule has 0 saturated heterocycles. The van der Waals surface area contributed by atoms with Gasteiger partial charge >= 0.3 is 39.5 Å². The predicted molar refractivity (Wildman–Crippen MR) is 63.8 cm³/mol. The highest BCUT2D eigenvalue weighted by Crippen LogP contribution is 2.63. The Hall–Kier alpha value is -0.320. The SMILES string of the molecule is CCC(F)C(F)(F)C(F)(F)C(F)(F)C(F)(F)C(F)(F)C(F)(F)C(F)(F)I. The molecule has 26 heavy (non-hydrogen) atoms. The van der Waals surface area contributed by atoms with Gasteiger partial charge in [0.1, 0.15) is 0 Å². The highest BCUT2D eigenvalue weighted by molar-refractivity contribution is 14.1. The zero-order valence-corrected chi connectivity index (χ0v) is 14.0. The summed E-state index contributed by atoms with van der Waals surface area (Å²) in [6.45, 7) is 0.352. The molecule has 0 spiro atoms. The molecular formula is C10H6F15I. The van der Waals surface area contributed by atoms with E-state index < -0.39 is 74.6 Å². The van der Waals surface area contributed by atoms with Gasteiger partial charge in [-0.15, -0.1) is 0 Å². The summed E-state index contributed by atoms with van der Waals surface area (Å²) in [4.78, 5) is 0. The monoisotopic (exact) mass is 538 g/mol. The molecule has 158 valence electrons. The molecule has 0 aliphatic heterocycles. The van der Waals surface area contributed by atoms with E-state index in [0.717, 1.165) is 0 Å². The zero-order valence-electron chi connectivity index (χ0n) is 11.8. The predicted octanol–water partition coefficient (Wildman–Crippen LogP) is 6.57. The largest absolute Gasteiger partial charge is 0.387 e. The molecule has 0 aromatic heterocycles. The van der Waals surface area contributed by atoms with Gasteiger partial charge in [0.05, 0.1) is 0 Å². The van der Waals surface area contributed by atoms with Gasteiger partial charge in [0.15, 0.2) is 6.17 Å². The van der Waals surface area contributed by atoms with Gasteiger partial charge in [-0.2, -0.15) is 61.5 Å². The summed E-state index contributed by atoms with van der Waals surface area (Å²) in [7, 11) is 0. The Morgan fingerprint density at radius 3 is 1.12 bits per heavy atom. The van der Waals surface area contributed by atoms with Crippen molar-refractivity contribution in [1.82, 2.24) is 0 Å². The van der Waals surface area contributed by atoms with Crippen LogP contribution in [0.25, 0.3) is 0 Å². The van der Waals surface area contributed by atoms with Gasteiger partial charge in [0.2, 0.25) is 0 Å². The molecule has 0 rings (SSSR count). The van der Waals surface area contributed by atoms with Gasteiger partial charge in [-0.05, 0) is 6.42 Å². The lowest BCUT2D eigenvalue weighted by molar-refractivity contribution is -0.437. The number of hydrogen-bond donors (Lipinski definition) is 0. The maximum Gasteiger partial charge on any atom is 0.387 e. The molecule has 16 heteroatoms. The maximum atomic E-state index is 13.2. The molecule has 0 N–H and O–H groups in total. The van der Waals surface area contributed by atoms with E-state index >= 15 is 0 Å². The molecule has 0 aliphatic carbocycles. The van der Waals surface area contributed by atoms with E-state index in [4.69, 9.17) is 0 Å². The second kappa shape index (κ2) is 6.63. The van der Waals surface area contributed by atoms with Crippen LogP contribution in [0.15, 0.2) is 0 Å². The minimum Gasteiger partial charge on any atom is -0.241 e. The van der Waals surface area contributed by atoms with Crippen LogP contribution >= 0.6 is 22.6 Å². The fourth-order valence-electron chi connectivity index (χ4n) is 1.43. The van der Waals surface area contributed by atoms with Crippen molar-refractivity contribution < 1.29 is 65.9 Å². The second-order valence-corrected chi connectivity index (χ2v) is 6.22. The van der Waals surface area contributed by atoms with Crippen molar-refractivity contribution in [1.29, 1.82) is 0 Å². The zero-order chi connectivity index (χ0) is 21.8. The molecule has 0 aromatic carbocycles. The van der Waals surface area contributed by atoms with Crippen LogP contribution in [0.4, 0.5) is 65.9 Å². The van der Waals surface area contributed by atoms with Crippen molar-refractivity contribution in [3.63, 3.8) is 0 Å². The van der Waals surface area contributed by atoms with E-state index in [1.54, 1.807) is 0 Å². The van der Waals surface area contributed by atoms with Gasteiger partial charge in [-0.1, -0.05) is 6.92 Å². The molecule has 1 atom stereocenters. The molecule has 0 aliphatic rings. The Morgan fingerprint density at radius 2 is 0.846 bits per heavy atom. The van der Waals surface area contributed by atoms with Crippen LogP contribution in [-0.2, 0) is 0 Å². The van der Waals surface area contributed by atoms with Crippen molar-refractivity contribution in [3.05, 3.63) is 0 Å². The van der Waals surface area contributed by atoms with Crippen LogP contribution in [0.5, 0.6) is 0 Å². The first-order chi connectivity index (χ1) is 11.0. The van der Waals surface area contributed by atoms with Gasteiger partial charge in [-0.3, -0.25) is 0 Å². The van der Waals surface area contributed by atoms with Gasteiger partial charge in [-0.25, -0.2) is 4.39 Å². The van der Waals surface area contributed by atoms with E-state index in [0.29, 0.717) is 6.92 Å². The third-order valence-corrected chi connectivity index (χ3v) is 3.78. The highest BCUT2D eigenvalue weighted by atomic mass is 127. The molecule has 0 nitrogen and oxygen atoms in total. The Bertz CT molecular complexity index is 505. The van der Waals surface area contributed by atoms with Crippen LogP contribution in [0.1, 0.15) is 13.3 Å². The molecule has 0 radical (unpaired) electrons. The fourth-order valence-corrected chi connectivity index (χ4v) is 1.77. The number of hydrogen-bond acceptors (Lipinski definition) is 0. The van der Waals surface area contributed by atoms with E-state index in [-0.39, 0.29) is 0 Å². The Labute approximate surface area is 148 Å². The summed E-state index contributed by atoms with van der Waals surface area (Å²) in [5.41, 5.74) is 0. The number of halogens is 16. The summed E-state index contributed by atoms with van der Waals surface area (Å²) < 4.78 is 188. The van der Waals surface area contributed by atoms with E-state index in [2.05, 4.69) is 0 Å². The van der Waals surface area contributed by atoms with E-state index in [1.807, 2.05) is 0 Å². The van der Waals surface area contributed by atoms with Crippen LogP contribution < -0.4 is 0 Å². The quantitative estimate of drug-likeness (QED) is 0.186. The topological polar surface area (TPSA) is 0 Å². The second-order valence-electron chi connectivity index (χ2n) is 4.87. The lowest BCUT2D eigenvalue weighted by atomic mass is 9.89. The molecule has 0 aromatic rings. The number of rotatable bonds is 8. The summed E-state index contributed by atoms with van der Waals surface area (Å²) >= 11 is -0.871. The highest BCUT2D eigenvalue weighted by Gasteiger charge is 2.93. The van der Waals surface area contributed by atoms with Gasteiger partial charge in [0, 0.05) is 22.6 Å². The summed E-state index contributed by atoms with van der Waals surface area (Å²) in [5.74, 6) is -45.9. The Morgan fingerprint density at radius 1 is 0.577 bits per heavy atom. The van der Waals surface area contributed by atoms with Crippen molar-refractivity contribution >= 4 is 22.6 Å². The number of alkyl halides is 16. The average molecular weight is 538 g/mol. The molecule has 0 bridgehead atoms. The minimum absolute atomic E-state index is 0.352. The first-order valence-electron chi connectivity index (χ1n) is 5.96. The third kappa shape index (κ3) is 3.20. The van der Waals surface area contributed by atoms with Crippen LogP contribution in [0.3, 0.4) is 0 Å². The average Bonchev–Trinajstić information content (AvgIpc) is 2.43. The standard InChI is InChI=1S/C10H6F15I/c1-2-3(11)4(12,13)5(14,15)6(16,17)7(18,19)8(20,21)9(22,23)10(24,25)26/h3H,2H2,1H3. The van der Waals surface area contributed by atoms with Crippen LogP contribution in [0, 0.1) is 0 Å². The lowest BCUT2D eigenvalue weighted by Gasteiger charge is -2.42. The molecule has 0 fully saturated rings. The molecular weight excluding hydrogens is 532 g/mol. The fraction of sp³-hybridized carbons (Fsp3) is 1.00. The van der Waals surface area contributed by atoms with Gasteiger partial charge < -0.3 is 0 Å². The first-order valence-corrected chi connectivity index (χ1v) is 7.04. The minimum atomic E-state index is -8.14. The van der Waals surface area contributed by atoms with Crippen molar-refractivity contribution in [3.8, 4) is 0 Å². The van der Waals surface area contributed by atoms with Crippen molar-refractivity contribution in [2.45, 2.75) is 59.0 Å². The molecule has 0 heterocycles. The Kier molecular flexibility index (Phi) is 6.55. The molecule has 1 unspecified atom stereocenters. The van der Waals surface area contributed by atoms with Crippen LogP contribution in [0.2, 0.25) is 0 Å².